The molecule has 0 spiro atoms. The highest BCUT2D eigenvalue weighted by Crippen LogP contribution is 2.19. The molecule has 2 rings (SSSR count). The maximum Gasteiger partial charge on any atom is 0.152 e. The average molecular weight is 202 g/mol. The number of fused-ring (bicyclic) bond motifs is 1. The van der Waals surface area contributed by atoms with Crippen LogP contribution in [0.15, 0.2) is 36.5 Å². The molecular formula is C11H10N2O2. The Morgan fingerprint density at radius 1 is 1.33 bits per heavy atom. The highest BCUT2D eigenvalue weighted by molar-refractivity contribution is 5.86. The molecule has 4 nitrogen and oxygen atoms in total. The number of hydrogen-bond donors (Lipinski definition) is 1. The molecule has 1 heterocycles. The second-order valence-corrected chi connectivity index (χ2v) is 3.29. The number of pyridine rings is 1. The van der Waals surface area contributed by atoms with Gasteiger partial charge in [-0.15, -0.1) is 0 Å². The van der Waals surface area contributed by atoms with Crippen molar-refractivity contribution < 1.29 is 15.6 Å². The molecule has 0 unspecified atom stereocenters. The lowest BCUT2D eigenvalue weighted by molar-refractivity contribution is -0.442. The Hall–Kier alpha value is -1.94. The van der Waals surface area contributed by atoms with Crippen molar-refractivity contribution in [1.29, 1.82) is 0 Å². The van der Waals surface area contributed by atoms with Gasteiger partial charge in [0.1, 0.15) is 5.97 Å². The summed E-state index contributed by atoms with van der Waals surface area (Å²) in [5.41, 5.74) is 4.82. The molecule has 0 saturated heterocycles. The van der Waals surface area contributed by atoms with Crippen molar-refractivity contribution >= 4 is 16.9 Å². The van der Waals surface area contributed by atoms with Gasteiger partial charge < -0.3 is 15.6 Å². The van der Waals surface area contributed by atoms with Crippen molar-refractivity contribution in [2.45, 2.75) is 6.04 Å². The molecule has 0 saturated carbocycles. The first-order valence-electron chi connectivity index (χ1n) is 4.58. The zero-order chi connectivity index (χ0) is 10.8. The second kappa shape index (κ2) is 3.67. The van der Waals surface area contributed by atoms with Crippen LogP contribution in [-0.2, 0) is 4.79 Å². The Morgan fingerprint density at radius 3 is 2.80 bits per heavy atom. The SMILES string of the molecule is [NH3+][C@@H](C(=O)[O-])c1cccc2cccnc12. The number of hydrogen-bond acceptors (Lipinski definition) is 3. The normalized spacial score (nSPS) is 12.6. The summed E-state index contributed by atoms with van der Waals surface area (Å²) < 4.78 is 0. The van der Waals surface area contributed by atoms with E-state index in [1.54, 1.807) is 18.3 Å². The van der Waals surface area contributed by atoms with Crippen molar-refractivity contribution in [2.75, 3.05) is 0 Å². The fourth-order valence-electron chi connectivity index (χ4n) is 1.54. The number of benzene rings is 1. The minimum Gasteiger partial charge on any atom is -0.544 e. The molecular weight excluding hydrogens is 192 g/mol. The summed E-state index contributed by atoms with van der Waals surface area (Å²) >= 11 is 0. The van der Waals surface area contributed by atoms with E-state index >= 15 is 0 Å². The zero-order valence-corrected chi connectivity index (χ0v) is 8.01. The molecule has 4 heteroatoms. The van der Waals surface area contributed by atoms with Crippen LogP contribution in [0, 0.1) is 0 Å². The van der Waals surface area contributed by atoms with Gasteiger partial charge in [-0.1, -0.05) is 24.3 Å². The maximum absolute atomic E-state index is 10.7. The summed E-state index contributed by atoms with van der Waals surface area (Å²) in [6.45, 7) is 0. The van der Waals surface area contributed by atoms with E-state index in [1.807, 2.05) is 18.2 Å². The topological polar surface area (TPSA) is 80.7 Å². The van der Waals surface area contributed by atoms with Crippen LogP contribution in [0.5, 0.6) is 0 Å². The van der Waals surface area contributed by atoms with Gasteiger partial charge in [0.2, 0.25) is 0 Å². The van der Waals surface area contributed by atoms with Gasteiger partial charge in [-0.05, 0) is 6.07 Å². The van der Waals surface area contributed by atoms with Gasteiger partial charge in [-0.25, -0.2) is 0 Å². The van der Waals surface area contributed by atoms with E-state index in [4.69, 9.17) is 0 Å². The van der Waals surface area contributed by atoms with Gasteiger partial charge in [0.15, 0.2) is 6.04 Å². The van der Waals surface area contributed by atoms with E-state index in [9.17, 15) is 9.90 Å². The molecule has 0 bridgehead atoms. The number of aliphatic carboxylic acids is 1. The number of quaternary nitrogens is 1. The molecule has 0 aliphatic carbocycles. The fourth-order valence-corrected chi connectivity index (χ4v) is 1.54. The number of para-hydroxylation sites is 1. The summed E-state index contributed by atoms with van der Waals surface area (Å²) in [5, 5.41) is 11.6. The number of carbonyl (C=O) groups excluding carboxylic acids is 1. The summed E-state index contributed by atoms with van der Waals surface area (Å²) in [5.74, 6) is -1.19. The van der Waals surface area contributed by atoms with E-state index in [1.165, 1.54) is 0 Å². The number of carboxylic acid groups (broad SMARTS) is 1. The van der Waals surface area contributed by atoms with Gasteiger partial charge >= 0.3 is 0 Å². The summed E-state index contributed by atoms with van der Waals surface area (Å²) in [6, 6.07) is 8.19. The average Bonchev–Trinajstić information content (AvgIpc) is 2.27. The molecule has 3 N–H and O–H groups in total. The predicted molar refractivity (Wildman–Crippen MR) is 52.4 cm³/mol. The predicted octanol–water partition coefficient (Wildman–Crippen LogP) is -0.732. The van der Waals surface area contributed by atoms with Crippen LogP contribution < -0.4 is 10.8 Å². The number of aromatic nitrogens is 1. The van der Waals surface area contributed by atoms with Crippen LogP contribution in [0.2, 0.25) is 0 Å². The van der Waals surface area contributed by atoms with Gasteiger partial charge in [-0.3, -0.25) is 4.98 Å². The lowest BCUT2D eigenvalue weighted by Gasteiger charge is -2.11. The number of nitrogens with zero attached hydrogens (tertiary/aromatic N) is 1. The highest BCUT2D eigenvalue weighted by Gasteiger charge is 2.14. The quantitative estimate of drug-likeness (QED) is 0.697. The first-order valence-corrected chi connectivity index (χ1v) is 4.58. The first kappa shape index (κ1) is 9.61. The molecule has 0 radical (unpaired) electrons. The van der Waals surface area contributed by atoms with Crippen molar-refractivity contribution in [3.05, 3.63) is 42.1 Å². The van der Waals surface area contributed by atoms with Crippen LogP contribution in [-0.4, -0.2) is 11.0 Å². The smallest absolute Gasteiger partial charge is 0.152 e. The maximum atomic E-state index is 10.7. The Morgan fingerprint density at radius 2 is 2.07 bits per heavy atom. The van der Waals surface area contributed by atoms with Crippen LogP contribution >= 0.6 is 0 Å². The minimum absolute atomic E-state index is 0.591. The zero-order valence-electron chi connectivity index (χ0n) is 8.01. The van der Waals surface area contributed by atoms with Gasteiger partial charge in [-0.2, -0.15) is 0 Å². The standard InChI is InChI=1S/C11H10N2O2/c12-9(11(14)15)8-5-1-3-7-4-2-6-13-10(7)8/h1-6,9H,12H2,(H,14,15)/t9-/m1/s1. The van der Waals surface area contributed by atoms with Crippen LogP contribution in [0.3, 0.4) is 0 Å². The van der Waals surface area contributed by atoms with E-state index in [-0.39, 0.29) is 0 Å². The van der Waals surface area contributed by atoms with E-state index in [0.29, 0.717) is 11.1 Å². The number of carboxylic acids is 1. The molecule has 76 valence electrons. The molecule has 0 aliphatic rings. The molecule has 1 aromatic carbocycles. The largest absolute Gasteiger partial charge is 0.544 e. The first-order chi connectivity index (χ1) is 7.20. The molecule has 0 amide bonds. The molecule has 1 atom stereocenters. The van der Waals surface area contributed by atoms with Crippen molar-refractivity contribution in [2.24, 2.45) is 0 Å². The van der Waals surface area contributed by atoms with Gasteiger partial charge in [0.05, 0.1) is 5.52 Å². The molecule has 2 aromatic rings. The van der Waals surface area contributed by atoms with E-state index in [2.05, 4.69) is 10.7 Å². The van der Waals surface area contributed by atoms with Crippen LogP contribution in [0.1, 0.15) is 11.6 Å². The van der Waals surface area contributed by atoms with E-state index < -0.39 is 12.0 Å². The summed E-state index contributed by atoms with van der Waals surface area (Å²) in [4.78, 5) is 14.9. The highest BCUT2D eigenvalue weighted by atomic mass is 16.4. The lowest BCUT2D eigenvalue weighted by Crippen LogP contribution is -2.61. The monoisotopic (exact) mass is 202 g/mol. The number of carbonyl (C=O) groups is 1. The molecule has 0 fully saturated rings. The third kappa shape index (κ3) is 1.67. The van der Waals surface area contributed by atoms with Gasteiger partial charge in [0.25, 0.3) is 0 Å². The minimum atomic E-state index is -1.19. The van der Waals surface area contributed by atoms with Crippen molar-refractivity contribution in [1.82, 2.24) is 4.98 Å². The Kier molecular flexibility index (Phi) is 2.35. The third-order valence-electron chi connectivity index (χ3n) is 2.32. The van der Waals surface area contributed by atoms with Crippen molar-refractivity contribution in [3.8, 4) is 0 Å². The van der Waals surface area contributed by atoms with Gasteiger partial charge in [0, 0.05) is 17.1 Å². The summed E-state index contributed by atoms with van der Waals surface area (Å²) in [7, 11) is 0. The van der Waals surface area contributed by atoms with Crippen molar-refractivity contribution in [3.63, 3.8) is 0 Å². The fraction of sp³-hybridized carbons (Fsp3) is 0.0909. The summed E-state index contributed by atoms with van der Waals surface area (Å²) in [6.07, 6.45) is 1.63. The Labute approximate surface area is 86.4 Å². The number of rotatable bonds is 2. The van der Waals surface area contributed by atoms with Crippen LogP contribution in [0.25, 0.3) is 10.9 Å². The lowest BCUT2D eigenvalue weighted by atomic mass is 10.0. The Balaban J connectivity index is 2.65. The van der Waals surface area contributed by atoms with E-state index in [0.717, 1.165) is 5.39 Å². The molecule has 0 aliphatic heterocycles. The molecule has 15 heavy (non-hydrogen) atoms. The second-order valence-electron chi connectivity index (χ2n) is 3.29. The van der Waals surface area contributed by atoms with Crippen LogP contribution in [0.4, 0.5) is 0 Å². The third-order valence-corrected chi connectivity index (χ3v) is 2.32. The Bertz CT molecular complexity index is 505. The molecule has 1 aromatic heterocycles.